The number of piperidine rings is 1. The normalized spacial score (nSPS) is 23.9. The van der Waals surface area contributed by atoms with Crippen molar-refractivity contribution < 1.29 is 45.9 Å². The number of carbonyl (C=O) groups excluding carboxylic acids is 5. The van der Waals surface area contributed by atoms with E-state index in [4.69, 9.17) is 4.74 Å². The van der Waals surface area contributed by atoms with Gasteiger partial charge in [-0.2, -0.15) is 0 Å². The molecule has 0 bridgehead atoms. The Hall–Kier alpha value is -3.82. The largest absolute Gasteiger partial charge is 0.465 e. The molecule has 4 aliphatic rings. The summed E-state index contributed by atoms with van der Waals surface area (Å²) in [5, 5.41) is 11.2. The molecule has 4 N–H and O–H groups in total. The van der Waals surface area contributed by atoms with Crippen LogP contribution in [0.15, 0.2) is 24.3 Å². The van der Waals surface area contributed by atoms with Gasteiger partial charge in [-0.25, -0.2) is 26.8 Å². The number of nitrogens with one attached hydrogen (secondary N) is 4. The van der Waals surface area contributed by atoms with Crippen LogP contribution in [0.1, 0.15) is 121 Å². The van der Waals surface area contributed by atoms with E-state index >= 15 is 0 Å². The van der Waals surface area contributed by atoms with Gasteiger partial charge in [0, 0.05) is 19.5 Å². The molecule has 5 amide bonds. The molecule has 1 heterocycles. The number of methoxy groups -OCH3 is 1. The number of nitrogens with zero attached hydrogens (tertiary/aromatic N) is 1. The molecule has 4 fully saturated rings. The fraction of sp³-hybridized carbons (Fsp3) is 0.738. The molecule has 1 saturated heterocycles. The lowest BCUT2D eigenvalue weighted by molar-refractivity contribution is -0.144. The number of hydrogen-bond acceptors (Lipinski definition) is 8. The number of amides is 5. The number of benzene rings is 1. The maximum Gasteiger partial charge on any atom is 0.337 e. The number of esters is 1. The number of hydrogen-bond donors (Lipinski definition) is 4. The van der Waals surface area contributed by atoms with E-state index in [1.807, 2.05) is 13.8 Å². The van der Waals surface area contributed by atoms with Gasteiger partial charge < -0.3 is 30.9 Å². The molecule has 5 atom stereocenters. The topological polar surface area (TPSA) is 180 Å². The van der Waals surface area contributed by atoms with Crippen LogP contribution in [0.2, 0.25) is 0 Å². The molecule has 0 radical (unpaired) electrons. The zero-order valence-electron chi connectivity index (χ0n) is 34.8. The minimum Gasteiger partial charge on any atom is -0.465 e. The van der Waals surface area contributed by atoms with Crippen LogP contribution >= 0.6 is 0 Å². The van der Waals surface area contributed by atoms with Gasteiger partial charge in [0.2, 0.25) is 24.1 Å². The Kier molecular flexibility index (Phi) is 14.2. The Morgan fingerprint density at radius 3 is 2.14 bits per heavy atom. The summed E-state index contributed by atoms with van der Waals surface area (Å²) in [6.07, 6.45) is 3.97. The predicted octanol–water partition coefficient (Wildman–Crippen LogP) is 4.92. The van der Waals surface area contributed by atoms with E-state index in [1.165, 1.54) is 12.0 Å². The monoisotopic (exact) mass is 835 g/mol. The van der Waals surface area contributed by atoms with Crippen LogP contribution in [-0.2, 0) is 35.4 Å². The van der Waals surface area contributed by atoms with Crippen LogP contribution in [0.25, 0.3) is 0 Å². The first-order chi connectivity index (χ1) is 27.2. The maximum absolute atomic E-state index is 14.7. The van der Waals surface area contributed by atoms with Crippen LogP contribution in [0.4, 0.5) is 13.6 Å². The number of halogens is 2. The first-order valence-electron chi connectivity index (χ1n) is 20.8. The highest BCUT2D eigenvalue weighted by Crippen LogP contribution is 2.65. The number of rotatable bonds is 15. The lowest BCUT2D eigenvalue weighted by Gasteiger charge is -2.41. The van der Waals surface area contributed by atoms with Gasteiger partial charge in [-0.3, -0.25) is 14.4 Å². The van der Waals surface area contributed by atoms with Crippen molar-refractivity contribution in [3.8, 4) is 0 Å². The zero-order valence-corrected chi connectivity index (χ0v) is 35.7. The third kappa shape index (κ3) is 10.5. The highest BCUT2D eigenvalue weighted by atomic mass is 32.2. The molecule has 0 spiro atoms. The number of sulfone groups is 1. The van der Waals surface area contributed by atoms with Crippen LogP contribution in [-0.4, -0.2) is 104 Å². The van der Waals surface area contributed by atoms with E-state index in [2.05, 4.69) is 21.3 Å². The third-order valence-electron chi connectivity index (χ3n) is 13.2. The minimum absolute atomic E-state index is 0.0471. The Labute approximate surface area is 341 Å². The standard InChI is InChI=1S/C42H63F2N5O8S/c1-40(2,3)58(55,56)25-42(20-11-8-12-21-42)48-39(54)47-33(27-13-9-7-10-14-27)37(52)49-24-29-32(41(29,4)5)34(49)36(51)46-30(23-31(43)44)35(50)45-22-19-26-15-17-28(18-16-26)38(53)57-6/h15-18,27,29-34H,7-14,19-25H2,1-6H3,(H,45,50)(H,46,51)(H2,47,48,54)/t29-,30-,32-,33-,34-/m0/s1. The quantitative estimate of drug-likeness (QED) is 0.180. The van der Waals surface area contributed by atoms with Crippen molar-refractivity contribution in [3.05, 3.63) is 35.4 Å². The highest BCUT2D eigenvalue weighted by Gasteiger charge is 2.70. The van der Waals surface area contributed by atoms with Gasteiger partial charge in [0.1, 0.15) is 18.1 Å². The number of ether oxygens (including phenoxy) is 1. The summed E-state index contributed by atoms with van der Waals surface area (Å²) in [4.78, 5) is 69.4. The summed E-state index contributed by atoms with van der Waals surface area (Å²) >= 11 is 0. The Balaban J connectivity index is 1.31. The zero-order chi connectivity index (χ0) is 42.6. The van der Waals surface area contributed by atoms with Crippen molar-refractivity contribution >= 4 is 39.6 Å². The molecule has 324 valence electrons. The summed E-state index contributed by atoms with van der Waals surface area (Å²) in [5.74, 6) is -3.20. The van der Waals surface area contributed by atoms with Crippen LogP contribution < -0.4 is 21.3 Å². The van der Waals surface area contributed by atoms with Crippen LogP contribution in [0.5, 0.6) is 0 Å². The number of likely N-dealkylation sites (tertiary alicyclic amines) is 1. The smallest absolute Gasteiger partial charge is 0.337 e. The molecule has 16 heteroatoms. The summed E-state index contributed by atoms with van der Waals surface area (Å²) < 4.78 is 58.3. The van der Waals surface area contributed by atoms with E-state index in [9.17, 15) is 41.2 Å². The Bertz CT molecular complexity index is 1770. The molecular formula is C42H63F2N5O8S. The molecule has 0 unspecified atom stereocenters. The molecule has 3 aliphatic carbocycles. The summed E-state index contributed by atoms with van der Waals surface area (Å²) in [5.41, 5.74) is -0.175. The molecule has 3 saturated carbocycles. The predicted molar refractivity (Wildman–Crippen MR) is 215 cm³/mol. The molecule has 1 aliphatic heterocycles. The van der Waals surface area contributed by atoms with Gasteiger partial charge >= 0.3 is 12.0 Å². The van der Waals surface area contributed by atoms with Crippen molar-refractivity contribution in [3.63, 3.8) is 0 Å². The van der Waals surface area contributed by atoms with Gasteiger partial charge in [-0.1, -0.05) is 64.5 Å². The lowest BCUT2D eigenvalue weighted by atomic mass is 9.82. The fourth-order valence-electron chi connectivity index (χ4n) is 9.42. The number of carbonyl (C=O) groups is 5. The van der Waals surface area contributed by atoms with Gasteiger partial charge in [0.05, 0.1) is 28.7 Å². The fourth-order valence-corrected chi connectivity index (χ4v) is 10.9. The van der Waals surface area contributed by atoms with Gasteiger partial charge in [0.25, 0.3) is 0 Å². The molecule has 5 rings (SSSR count). The molecule has 0 aromatic heterocycles. The number of fused-ring (bicyclic) bond motifs is 1. The van der Waals surface area contributed by atoms with Gasteiger partial charge in [-0.05, 0) is 93.7 Å². The second-order valence-electron chi connectivity index (χ2n) is 18.5. The van der Waals surface area contributed by atoms with Crippen molar-refractivity contribution in [2.75, 3.05) is 26.0 Å². The second-order valence-corrected chi connectivity index (χ2v) is 21.2. The minimum atomic E-state index is -3.61. The van der Waals surface area contributed by atoms with E-state index in [0.717, 1.165) is 44.1 Å². The van der Waals surface area contributed by atoms with Crippen molar-refractivity contribution in [1.29, 1.82) is 0 Å². The Morgan fingerprint density at radius 1 is 0.931 bits per heavy atom. The molecule has 13 nitrogen and oxygen atoms in total. The first-order valence-corrected chi connectivity index (χ1v) is 22.5. The average Bonchev–Trinajstić information content (AvgIpc) is 3.46. The van der Waals surface area contributed by atoms with Crippen molar-refractivity contribution in [2.24, 2.45) is 23.2 Å². The van der Waals surface area contributed by atoms with Crippen LogP contribution in [0, 0.1) is 23.2 Å². The highest BCUT2D eigenvalue weighted by molar-refractivity contribution is 7.92. The SMILES string of the molecule is COC(=O)c1ccc(CCNC(=O)[C@H](CC(F)F)NC(=O)[C@@H]2[C@@H]3[C@H](CN2C(=O)[C@@H](NC(=O)NC2(CS(=O)(=O)C(C)(C)C)CCCCC2)C2CCCCC2)C3(C)C)cc1. The van der Waals surface area contributed by atoms with E-state index in [0.29, 0.717) is 37.7 Å². The maximum atomic E-state index is 14.7. The molecule has 1 aromatic rings. The Morgan fingerprint density at radius 2 is 1.55 bits per heavy atom. The van der Waals surface area contributed by atoms with E-state index in [1.54, 1.807) is 45.0 Å². The lowest BCUT2D eigenvalue weighted by Crippen LogP contribution is -2.63. The van der Waals surface area contributed by atoms with E-state index < -0.39 is 80.8 Å². The molecule has 1 aromatic carbocycles. The average molecular weight is 836 g/mol. The summed E-state index contributed by atoms with van der Waals surface area (Å²) in [6.45, 7) is 9.22. The molecular weight excluding hydrogens is 773 g/mol. The van der Waals surface area contributed by atoms with Gasteiger partial charge in [0.15, 0.2) is 9.84 Å². The van der Waals surface area contributed by atoms with E-state index in [-0.39, 0.29) is 42.0 Å². The van der Waals surface area contributed by atoms with Crippen LogP contribution in [0.3, 0.4) is 0 Å². The van der Waals surface area contributed by atoms with Gasteiger partial charge in [-0.15, -0.1) is 0 Å². The van der Waals surface area contributed by atoms with Crippen molar-refractivity contribution in [1.82, 2.24) is 26.2 Å². The third-order valence-corrected chi connectivity index (χ3v) is 16.0. The summed E-state index contributed by atoms with van der Waals surface area (Å²) in [6, 6.07) is 2.30. The number of urea groups is 1. The second kappa shape index (κ2) is 18.2. The number of alkyl halides is 2. The first kappa shape index (κ1) is 45.3. The van der Waals surface area contributed by atoms with Crippen molar-refractivity contribution in [2.45, 2.75) is 147 Å². The summed E-state index contributed by atoms with van der Waals surface area (Å²) in [7, 11) is -2.33. The molecule has 58 heavy (non-hydrogen) atoms.